The lowest BCUT2D eigenvalue weighted by atomic mass is 10.1. The molecule has 10 heteroatoms. The molecule has 3 heterocycles. The number of benzene rings is 1. The van der Waals surface area contributed by atoms with E-state index in [2.05, 4.69) is 20.3 Å². The number of aromatic nitrogens is 3. The summed E-state index contributed by atoms with van der Waals surface area (Å²) >= 11 is 0. The molecular weight excluding hydrogens is 412 g/mol. The number of pyridine rings is 1. The second-order valence-electron chi connectivity index (χ2n) is 6.92. The molecule has 0 aliphatic carbocycles. The van der Waals surface area contributed by atoms with Crippen molar-refractivity contribution in [3.05, 3.63) is 61.0 Å². The summed E-state index contributed by atoms with van der Waals surface area (Å²) in [7, 11) is 3.28. The minimum Gasteiger partial charge on any atom is -0.496 e. The van der Waals surface area contributed by atoms with Gasteiger partial charge in [0.25, 0.3) is 6.01 Å². The van der Waals surface area contributed by atoms with Crippen molar-refractivity contribution in [2.24, 2.45) is 5.73 Å². The minimum absolute atomic E-state index is 0.0496. The summed E-state index contributed by atoms with van der Waals surface area (Å²) in [6, 6.07) is 7.65. The zero-order chi connectivity index (χ0) is 22.5. The molecule has 4 aromatic rings. The topological polar surface area (TPSA) is 133 Å². The number of hydrogen-bond acceptors (Lipinski definition) is 9. The third kappa shape index (κ3) is 4.44. The van der Waals surface area contributed by atoms with Crippen molar-refractivity contribution in [3.63, 3.8) is 0 Å². The van der Waals surface area contributed by atoms with Crippen LogP contribution in [0.2, 0.25) is 0 Å². The van der Waals surface area contributed by atoms with E-state index in [0.29, 0.717) is 29.8 Å². The molecule has 3 N–H and O–H groups in total. The zero-order valence-electron chi connectivity index (χ0n) is 17.6. The van der Waals surface area contributed by atoms with E-state index < -0.39 is 0 Å². The van der Waals surface area contributed by atoms with E-state index in [1.165, 1.54) is 6.39 Å². The normalized spacial score (nSPS) is 10.7. The molecule has 0 spiro atoms. The van der Waals surface area contributed by atoms with Gasteiger partial charge in [-0.2, -0.15) is 0 Å². The van der Waals surface area contributed by atoms with Crippen LogP contribution in [0.3, 0.4) is 0 Å². The lowest BCUT2D eigenvalue weighted by Gasteiger charge is -2.17. The second kappa shape index (κ2) is 9.31. The number of ether oxygens (including phenoxy) is 1. The maximum Gasteiger partial charge on any atom is 0.299 e. The Kier molecular flexibility index (Phi) is 6.13. The summed E-state index contributed by atoms with van der Waals surface area (Å²) in [4.78, 5) is 25.8. The molecule has 1 amide bonds. The Balaban J connectivity index is 1.55. The molecule has 0 atom stereocenters. The van der Waals surface area contributed by atoms with E-state index >= 15 is 0 Å². The maximum absolute atomic E-state index is 11.8. The van der Waals surface area contributed by atoms with Crippen molar-refractivity contribution in [2.45, 2.75) is 6.54 Å². The Morgan fingerprint density at radius 3 is 2.78 bits per heavy atom. The van der Waals surface area contributed by atoms with Gasteiger partial charge in [-0.25, -0.2) is 9.97 Å². The molecule has 0 aliphatic rings. The van der Waals surface area contributed by atoms with Gasteiger partial charge in [0, 0.05) is 43.3 Å². The molecule has 0 saturated carbocycles. The molecule has 32 heavy (non-hydrogen) atoms. The fourth-order valence-electron chi connectivity index (χ4n) is 3.18. The van der Waals surface area contributed by atoms with Gasteiger partial charge in [-0.05, 0) is 23.8 Å². The molecular formula is C22H22N6O4. The fourth-order valence-corrected chi connectivity index (χ4v) is 3.18. The second-order valence-corrected chi connectivity index (χ2v) is 6.92. The quantitative estimate of drug-likeness (QED) is 0.429. The first-order valence-electron chi connectivity index (χ1n) is 9.76. The number of oxazole rings is 2. The minimum atomic E-state index is -0.157. The smallest absolute Gasteiger partial charge is 0.299 e. The molecule has 0 bridgehead atoms. The van der Waals surface area contributed by atoms with Gasteiger partial charge >= 0.3 is 0 Å². The number of hydrogen-bond donors (Lipinski definition) is 2. The molecule has 1 aromatic carbocycles. The molecule has 0 unspecified atom stereocenters. The predicted octanol–water partition coefficient (Wildman–Crippen LogP) is 3.06. The van der Waals surface area contributed by atoms with Crippen LogP contribution >= 0.6 is 0 Å². The molecule has 0 aliphatic heterocycles. The van der Waals surface area contributed by atoms with Crippen LogP contribution < -0.4 is 15.8 Å². The lowest BCUT2D eigenvalue weighted by molar-refractivity contribution is -0.128. The average molecular weight is 434 g/mol. The summed E-state index contributed by atoms with van der Waals surface area (Å²) in [5.41, 5.74) is 8.56. The molecule has 164 valence electrons. The summed E-state index contributed by atoms with van der Waals surface area (Å²) in [5, 5.41) is 3.12. The monoisotopic (exact) mass is 434 g/mol. The molecule has 0 saturated heterocycles. The first-order chi connectivity index (χ1) is 15.6. The highest BCUT2D eigenvalue weighted by molar-refractivity contribution is 5.78. The summed E-state index contributed by atoms with van der Waals surface area (Å²) in [6.45, 7) is 0.323. The number of carbonyl (C=O) groups is 1. The number of methoxy groups -OCH3 is 1. The van der Waals surface area contributed by atoms with Crippen LogP contribution in [-0.2, 0) is 11.3 Å². The van der Waals surface area contributed by atoms with Gasteiger partial charge in [0.05, 0.1) is 31.6 Å². The molecule has 10 nitrogen and oxygen atoms in total. The van der Waals surface area contributed by atoms with Gasteiger partial charge in [0.2, 0.25) is 5.91 Å². The highest BCUT2D eigenvalue weighted by Crippen LogP contribution is 2.34. The van der Waals surface area contributed by atoms with Gasteiger partial charge in [-0.15, -0.1) is 0 Å². The SMILES string of the molecule is COc1cc(Nc2ncc(-c3cnccc3CN(C)C(=O)CN)o2)ccc1-c1cnco1. The van der Waals surface area contributed by atoms with Crippen molar-refractivity contribution in [1.29, 1.82) is 0 Å². The largest absolute Gasteiger partial charge is 0.496 e. The van der Waals surface area contributed by atoms with Gasteiger partial charge in [-0.3, -0.25) is 9.78 Å². The van der Waals surface area contributed by atoms with Crippen molar-refractivity contribution in [3.8, 4) is 28.4 Å². The van der Waals surface area contributed by atoms with E-state index in [1.54, 1.807) is 43.8 Å². The number of rotatable bonds is 8. The van der Waals surface area contributed by atoms with Crippen LogP contribution in [0.5, 0.6) is 5.75 Å². The van der Waals surface area contributed by atoms with Gasteiger partial charge < -0.3 is 29.5 Å². The predicted molar refractivity (Wildman–Crippen MR) is 117 cm³/mol. The number of nitrogens with two attached hydrogens (primary N) is 1. The Morgan fingerprint density at radius 1 is 1.16 bits per heavy atom. The number of likely N-dealkylation sites (N-methyl/N-ethyl adjacent to an activating group) is 1. The molecule has 0 radical (unpaired) electrons. The molecule has 3 aromatic heterocycles. The van der Waals surface area contributed by atoms with Crippen molar-refractivity contribution in [1.82, 2.24) is 19.9 Å². The summed E-state index contributed by atoms with van der Waals surface area (Å²) in [6.07, 6.45) is 7.93. The Bertz CT molecular complexity index is 1200. The van der Waals surface area contributed by atoms with Crippen molar-refractivity contribution in [2.75, 3.05) is 26.0 Å². The average Bonchev–Trinajstić information content (AvgIpc) is 3.51. The molecule has 4 rings (SSSR count). The Hall–Kier alpha value is -4.18. The van der Waals surface area contributed by atoms with Crippen LogP contribution in [0.1, 0.15) is 5.56 Å². The van der Waals surface area contributed by atoms with E-state index in [1.807, 2.05) is 24.3 Å². The van der Waals surface area contributed by atoms with Gasteiger partial charge in [0.15, 0.2) is 17.9 Å². The third-order valence-electron chi connectivity index (χ3n) is 4.84. The van der Waals surface area contributed by atoms with E-state index in [4.69, 9.17) is 19.3 Å². The van der Waals surface area contributed by atoms with Crippen LogP contribution in [0.25, 0.3) is 22.6 Å². The first-order valence-corrected chi connectivity index (χ1v) is 9.76. The standard InChI is InChI=1S/C22H22N6O4/c1-28(21(29)8-23)12-14-5-6-24-9-17(14)20-11-26-22(32-20)27-15-3-4-16(18(7-15)30-2)19-10-25-13-31-19/h3-7,9-11,13H,8,12,23H2,1-2H3,(H,26,27). The third-order valence-corrected chi connectivity index (χ3v) is 4.84. The highest BCUT2D eigenvalue weighted by atomic mass is 16.5. The van der Waals surface area contributed by atoms with Crippen LogP contribution in [-0.4, -0.2) is 46.5 Å². The highest BCUT2D eigenvalue weighted by Gasteiger charge is 2.16. The zero-order valence-corrected chi connectivity index (χ0v) is 17.6. The fraction of sp³-hybridized carbons (Fsp3) is 0.182. The van der Waals surface area contributed by atoms with Crippen LogP contribution in [0, 0.1) is 0 Å². The van der Waals surface area contributed by atoms with Gasteiger partial charge in [-0.1, -0.05) is 0 Å². The first kappa shape index (κ1) is 21.1. The van der Waals surface area contributed by atoms with E-state index in [-0.39, 0.29) is 12.5 Å². The molecule has 0 fully saturated rings. The van der Waals surface area contributed by atoms with Crippen LogP contribution in [0.4, 0.5) is 11.7 Å². The summed E-state index contributed by atoms with van der Waals surface area (Å²) < 4.78 is 16.7. The number of nitrogens with one attached hydrogen (secondary N) is 1. The van der Waals surface area contributed by atoms with Crippen LogP contribution in [0.15, 0.2) is 64.3 Å². The maximum atomic E-state index is 11.8. The summed E-state index contributed by atoms with van der Waals surface area (Å²) in [5.74, 6) is 1.58. The lowest BCUT2D eigenvalue weighted by Crippen LogP contribution is -2.32. The number of anilines is 2. The van der Waals surface area contributed by atoms with Gasteiger partial charge in [0.1, 0.15) is 5.75 Å². The van der Waals surface area contributed by atoms with E-state index in [0.717, 1.165) is 22.4 Å². The van der Waals surface area contributed by atoms with Crippen molar-refractivity contribution < 1.29 is 18.4 Å². The number of amides is 1. The van der Waals surface area contributed by atoms with E-state index in [9.17, 15) is 4.79 Å². The number of nitrogens with zero attached hydrogens (tertiary/aromatic N) is 4. The van der Waals surface area contributed by atoms with Crippen molar-refractivity contribution >= 4 is 17.6 Å². The Morgan fingerprint density at radius 2 is 2.03 bits per heavy atom. The number of carbonyl (C=O) groups excluding carboxylic acids is 1. The Labute approximate surface area is 184 Å².